The van der Waals surface area contributed by atoms with Gasteiger partial charge in [-0.15, -0.1) is 5.10 Å². The molecule has 4 heterocycles. The molecule has 5 aromatic rings. The molecule has 11 heteroatoms. The molecule has 41 heavy (non-hydrogen) atoms. The summed E-state index contributed by atoms with van der Waals surface area (Å²) in [5, 5.41) is 19.2. The second-order valence-corrected chi connectivity index (χ2v) is 11.2. The summed E-state index contributed by atoms with van der Waals surface area (Å²) in [6, 6.07) is 4.98. The smallest absolute Gasteiger partial charge is 0.135 e. The first-order valence-corrected chi connectivity index (χ1v) is 13.4. The SMILES string of the molecule is Cc1nnn(C)c1-c1cnc2c3c(F)cc(C(C)(C)O)cc3n([C@H](c3c(F)cc(F)cc3F)C3CCOCC3)c2c1. The van der Waals surface area contributed by atoms with Crippen molar-refractivity contribution in [2.24, 2.45) is 13.0 Å². The molecular weight excluding hydrogens is 538 g/mol. The zero-order chi connectivity index (χ0) is 29.2. The van der Waals surface area contributed by atoms with Crippen molar-refractivity contribution in [1.82, 2.24) is 24.5 Å². The number of aromatic nitrogens is 5. The van der Waals surface area contributed by atoms with Crippen molar-refractivity contribution in [1.29, 1.82) is 0 Å². The summed E-state index contributed by atoms with van der Waals surface area (Å²) in [6.45, 7) is 5.60. The zero-order valence-corrected chi connectivity index (χ0v) is 23.1. The van der Waals surface area contributed by atoms with Crippen LogP contribution in [0.3, 0.4) is 0 Å². The van der Waals surface area contributed by atoms with Gasteiger partial charge in [-0.3, -0.25) is 4.98 Å². The van der Waals surface area contributed by atoms with Crippen LogP contribution in [0, 0.1) is 36.1 Å². The molecule has 0 aliphatic carbocycles. The van der Waals surface area contributed by atoms with Gasteiger partial charge in [0.25, 0.3) is 0 Å². The summed E-state index contributed by atoms with van der Waals surface area (Å²) < 4.78 is 70.0. The fourth-order valence-corrected chi connectivity index (χ4v) is 6.06. The first-order chi connectivity index (χ1) is 19.5. The van der Waals surface area contributed by atoms with Crippen LogP contribution in [0.15, 0.2) is 36.5 Å². The third-order valence-electron chi connectivity index (χ3n) is 8.00. The minimum Gasteiger partial charge on any atom is -0.386 e. The lowest BCUT2D eigenvalue weighted by molar-refractivity contribution is 0.0543. The predicted octanol–water partition coefficient (Wildman–Crippen LogP) is 6.09. The molecule has 3 aromatic heterocycles. The van der Waals surface area contributed by atoms with Crippen molar-refractivity contribution in [3.63, 3.8) is 0 Å². The third kappa shape index (κ3) is 4.57. The van der Waals surface area contributed by atoms with E-state index in [1.54, 1.807) is 41.5 Å². The number of nitrogens with zero attached hydrogens (tertiary/aromatic N) is 5. The molecule has 0 unspecified atom stereocenters. The maximum absolute atomic E-state index is 15.9. The largest absolute Gasteiger partial charge is 0.386 e. The molecule has 7 nitrogen and oxygen atoms in total. The van der Waals surface area contributed by atoms with Crippen molar-refractivity contribution < 1.29 is 27.4 Å². The van der Waals surface area contributed by atoms with E-state index in [0.29, 0.717) is 66.2 Å². The first kappa shape index (κ1) is 27.3. The van der Waals surface area contributed by atoms with Crippen molar-refractivity contribution >= 4 is 21.9 Å². The fourth-order valence-electron chi connectivity index (χ4n) is 6.06. The Bertz CT molecular complexity index is 1760. The number of aliphatic hydroxyl groups is 1. The average Bonchev–Trinajstić information content (AvgIpc) is 3.41. The molecule has 2 aromatic carbocycles. The van der Waals surface area contributed by atoms with E-state index in [9.17, 15) is 9.50 Å². The predicted molar refractivity (Wildman–Crippen MR) is 145 cm³/mol. The quantitative estimate of drug-likeness (QED) is 0.260. The number of ether oxygens (including phenoxy) is 1. The number of fused-ring (bicyclic) bond motifs is 3. The van der Waals surface area contributed by atoms with E-state index in [2.05, 4.69) is 15.3 Å². The third-order valence-corrected chi connectivity index (χ3v) is 8.00. The molecule has 6 rings (SSSR count). The molecule has 0 saturated carbocycles. The van der Waals surface area contributed by atoms with Gasteiger partial charge < -0.3 is 14.4 Å². The highest BCUT2D eigenvalue weighted by Gasteiger charge is 2.35. The highest BCUT2D eigenvalue weighted by molar-refractivity contribution is 6.07. The number of rotatable bonds is 5. The maximum Gasteiger partial charge on any atom is 0.135 e. The Hall–Kier alpha value is -3.83. The summed E-state index contributed by atoms with van der Waals surface area (Å²) in [6.07, 6.45) is 2.52. The molecule has 0 radical (unpaired) electrons. The second-order valence-electron chi connectivity index (χ2n) is 11.2. The van der Waals surface area contributed by atoms with Crippen LogP contribution in [0.4, 0.5) is 17.6 Å². The lowest BCUT2D eigenvalue weighted by Crippen LogP contribution is -2.28. The van der Waals surface area contributed by atoms with Crippen LogP contribution in [0.2, 0.25) is 0 Å². The van der Waals surface area contributed by atoms with Gasteiger partial charge in [-0.1, -0.05) is 5.21 Å². The minimum atomic E-state index is -1.41. The Morgan fingerprint density at radius 1 is 0.976 bits per heavy atom. The number of halogens is 4. The molecule has 0 bridgehead atoms. The molecule has 0 amide bonds. The van der Waals surface area contributed by atoms with Crippen LogP contribution in [0.5, 0.6) is 0 Å². The topological polar surface area (TPSA) is 78.0 Å². The van der Waals surface area contributed by atoms with Gasteiger partial charge in [-0.05, 0) is 63.3 Å². The van der Waals surface area contributed by atoms with E-state index in [0.717, 1.165) is 0 Å². The van der Waals surface area contributed by atoms with Crippen molar-refractivity contribution in [2.75, 3.05) is 13.2 Å². The molecule has 1 aliphatic heterocycles. The summed E-state index contributed by atoms with van der Waals surface area (Å²) in [7, 11) is 1.73. The fraction of sp³-hybridized carbons (Fsp3) is 0.367. The monoisotopic (exact) mass is 567 g/mol. The van der Waals surface area contributed by atoms with Gasteiger partial charge in [0.2, 0.25) is 0 Å². The van der Waals surface area contributed by atoms with Gasteiger partial charge in [-0.25, -0.2) is 22.2 Å². The zero-order valence-electron chi connectivity index (χ0n) is 23.1. The van der Waals surface area contributed by atoms with Crippen molar-refractivity contribution in [2.45, 2.75) is 45.3 Å². The summed E-state index contributed by atoms with van der Waals surface area (Å²) >= 11 is 0. The number of benzene rings is 2. The van der Waals surface area contributed by atoms with Crippen LogP contribution >= 0.6 is 0 Å². The van der Waals surface area contributed by atoms with E-state index in [1.165, 1.54) is 19.9 Å². The number of pyridine rings is 1. The Morgan fingerprint density at radius 2 is 1.66 bits per heavy atom. The van der Waals surface area contributed by atoms with Gasteiger partial charge >= 0.3 is 0 Å². The highest BCUT2D eigenvalue weighted by atomic mass is 19.1. The summed E-state index contributed by atoms with van der Waals surface area (Å²) in [4.78, 5) is 4.64. The molecule has 214 valence electrons. The Labute approximate surface area is 233 Å². The average molecular weight is 568 g/mol. The molecule has 0 spiro atoms. The van der Waals surface area contributed by atoms with Gasteiger partial charge in [0.1, 0.15) is 23.3 Å². The van der Waals surface area contributed by atoms with Crippen LogP contribution in [-0.2, 0) is 17.4 Å². The van der Waals surface area contributed by atoms with Crippen LogP contribution < -0.4 is 0 Å². The van der Waals surface area contributed by atoms with E-state index in [1.807, 2.05) is 0 Å². The van der Waals surface area contributed by atoms with Gasteiger partial charge in [0.05, 0.1) is 45.0 Å². The van der Waals surface area contributed by atoms with E-state index in [-0.39, 0.29) is 27.9 Å². The standard InChI is InChI=1S/C30H29F4N5O2/c1-15-28(38(4)37-36-15)17-9-24-27(35-14-17)26-20(32)10-18(30(2,3)40)11-23(26)39(24)29(16-5-7-41-8-6-16)25-21(33)12-19(31)13-22(25)34/h9-14,16,29,40H,5-8H2,1-4H3/t29-/m0/s1. The van der Waals surface area contributed by atoms with Crippen LogP contribution in [0.1, 0.15) is 49.6 Å². The van der Waals surface area contributed by atoms with Crippen LogP contribution in [-0.4, -0.2) is 42.9 Å². The Balaban J connectivity index is 1.76. The van der Waals surface area contributed by atoms with Gasteiger partial charge in [0.15, 0.2) is 0 Å². The molecule has 1 atom stereocenters. The number of hydrogen-bond acceptors (Lipinski definition) is 5. The number of aryl methyl sites for hydroxylation is 2. The molecule has 1 fully saturated rings. The minimum absolute atomic E-state index is 0.152. The van der Waals surface area contributed by atoms with Crippen molar-refractivity contribution in [3.05, 3.63) is 76.6 Å². The maximum atomic E-state index is 15.9. The lowest BCUT2D eigenvalue weighted by Gasteiger charge is -2.33. The summed E-state index contributed by atoms with van der Waals surface area (Å²) in [5.74, 6) is -4.08. The summed E-state index contributed by atoms with van der Waals surface area (Å²) in [5.41, 5.74) is 1.51. The van der Waals surface area contributed by atoms with Gasteiger partial charge in [-0.2, -0.15) is 0 Å². The van der Waals surface area contributed by atoms with Gasteiger partial charge in [0, 0.05) is 49.7 Å². The first-order valence-electron chi connectivity index (χ1n) is 13.4. The Kier molecular flexibility index (Phi) is 6.61. The van der Waals surface area contributed by atoms with Crippen molar-refractivity contribution in [3.8, 4) is 11.3 Å². The molecule has 1 aliphatic rings. The van der Waals surface area contributed by atoms with E-state index < -0.39 is 34.9 Å². The second kappa shape index (κ2) is 9.92. The molecule has 1 N–H and O–H groups in total. The molecular formula is C30H29F4N5O2. The lowest BCUT2D eigenvalue weighted by atomic mass is 9.86. The van der Waals surface area contributed by atoms with Crippen LogP contribution in [0.25, 0.3) is 33.2 Å². The highest BCUT2D eigenvalue weighted by Crippen LogP contribution is 2.44. The normalized spacial score (nSPS) is 15.7. The van der Waals surface area contributed by atoms with E-state index in [4.69, 9.17) is 4.74 Å². The molecule has 1 saturated heterocycles. The Morgan fingerprint density at radius 3 is 2.27 bits per heavy atom. The number of hydrogen-bond donors (Lipinski definition) is 1. The van der Waals surface area contributed by atoms with E-state index >= 15 is 13.2 Å².